The third-order valence-corrected chi connectivity index (χ3v) is 1.10. The fourth-order valence-corrected chi connectivity index (χ4v) is 0.577. The van der Waals surface area contributed by atoms with Gasteiger partial charge in [0.25, 0.3) is 0 Å². The van der Waals surface area contributed by atoms with Gasteiger partial charge in [-0.1, -0.05) is 20.8 Å². The van der Waals surface area contributed by atoms with E-state index in [1.165, 1.54) is 0 Å². The molecule has 0 unspecified atom stereocenters. The highest BCUT2D eigenvalue weighted by atomic mass is 16.1. The molecule has 1 amide bonds. The van der Waals surface area contributed by atoms with Crippen LogP contribution >= 0.6 is 0 Å². The van der Waals surface area contributed by atoms with Crippen molar-refractivity contribution in [3.05, 3.63) is 0 Å². The quantitative estimate of drug-likeness (QED) is 0.586. The molecule has 0 saturated heterocycles. The van der Waals surface area contributed by atoms with E-state index in [1.807, 2.05) is 6.92 Å². The zero-order valence-electron chi connectivity index (χ0n) is 7.05. The van der Waals surface area contributed by atoms with Crippen molar-refractivity contribution in [3.63, 3.8) is 0 Å². The molecule has 0 saturated carbocycles. The summed E-state index contributed by atoms with van der Waals surface area (Å²) in [5.74, 6) is 0.553. The summed E-state index contributed by atoms with van der Waals surface area (Å²) in [6.07, 6.45) is 1.51. The van der Waals surface area contributed by atoms with Crippen LogP contribution in [-0.2, 0) is 4.79 Å². The van der Waals surface area contributed by atoms with Crippen LogP contribution in [0.2, 0.25) is 0 Å². The Kier molecular flexibility index (Phi) is 4.99. The summed E-state index contributed by atoms with van der Waals surface area (Å²) in [7, 11) is 0. The highest BCUT2D eigenvalue weighted by Crippen LogP contribution is 1.91. The van der Waals surface area contributed by atoms with Crippen LogP contribution in [0, 0.1) is 5.92 Å². The van der Waals surface area contributed by atoms with Crippen LogP contribution in [0.5, 0.6) is 0 Å². The van der Waals surface area contributed by atoms with E-state index in [0.29, 0.717) is 18.9 Å². The van der Waals surface area contributed by atoms with Gasteiger partial charge in [-0.3, -0.25) is 10.1 Å². The molecule has 2 nitrogen and oxygen atoms in total. The third kappa shape index (κ3) is 5.60. The maximum absolute atomic E-state index is 10.8. The average molecular weight is 142 g/mol. The molecular formula is C8H16NO. The van der Waals surface area contributed by atoms with Crippen molar-refractivity contribution in [2.24, 2.45) is 5.92 Å². The second kappa shape index (κ2) is 5.27. The van der Waals surface area contributed by atoms with Crippen molar-refractivity contribution in [1.29, 1.82) is 0 Å². The maximum atomic E-state index is 10.8. The summed E-state index contributed by atoms with van der Waals surface area (Å²) in [5.41, 5.74) is 0. The monoisotopic (exact) mass is 142 g/mol. The molecule has 0 atom stereocenters. The van der Waals surface area contributed by atoms with Crippen LogP contribution in [0.15, 0.2) is 0 Å². The summed E-state index contributed by atoms with van der Waals surface area (Å²) in [4.78, 5) is 10.8. The largest absolute Gasteiger partial charge is 0.273 e. The van der Waals surface area contributed by atoms with Gasteiger partial charge < -0.3 is 0 Å². The predicted octanol–water partition coefficient (Wildman–Crippen LogP) is 1.57. The first-order chi connectivity index (χ1) is 4.66. The van der Waals surface area contributed by atoms with E-state index in [0.717, 1.165) is 6.42 Å². The summed E-state index contributed by atoms with van der Waals surface area (Å²) in [5, 5.41) is 3.87. The molecule has 1 radical (unpaired) electrons. The Bertz CT molecular complexity index is 99.4. The van der Waals surface area contributed by atoms with Crippen molar-refractivity contribution < 1.29 is 4.79 Å². The topological polar surface area (TPSA) is 31.2 Å². The molecule has 0 bridgehead atoms. The normalized spacial score (nSPS) is 10.0. The molecule has 0 rings (SSSR count). The molecule has 59 valence electrons. The van der Waals surface area contributed by atoms with E-state index in [9.17, 15) is 4.79 Å². The molecule has 0 aliphatic heterocycles. The molecule has 2 heteroatoms. The molecular weight excluding hydrogens is 126 g/mol. The molecule has 0 aromatic carbocycles. The van der Waals surface area contributed by atoms with Crippen molar-refractivity contribution in [3.8, 4) is 0 Å². The van der Waals surface area contributed by atoms with Crippen LogP contribution in [0.4, 0.5) is 0 Å². The van der Waals surface area contributed by atoms with Gasteiger partial charge in [0.05, 0.1) is 0 Å². The van der Waals surface area contributed by atoms with Crippen LogP contribution in [-0.4, -0.2) is 12.5 Å². The maximum Gasteiger partial charge on any atom is 0.241 e. The molecule has 0 aromatic rings. The van der Waals surface area contributed by atoms with E-state index in [2.05, 4.69) is 19.2 Å². The fraction of sp³-hybridized carbons (Fsp3) is 0.875. The van der Waals surface area contributed by atoms with Crippen LogP contribution < -0.4 is 5.32 Å². The Morgan fingerprint density at radius 2 is 2.10 bits per heavy atom. The SMILES string of the molecule is CCCC(=O)[N]CC(C)C. The fourth-order valence-electron chi connectivity index (χ4n) is 0.577. The lowest BCUT2D eigenvalue weighted by molar-refractivity contribution is -0.121. The minimum absolute atomic E-state index is 0.0520. The van der Waals surface area contributed by atoms with Crippen LogP contribution in [0.25, 0.3) is 0 Å². The van der Waals surface area contributed by atoms with Gasteiger partial charge >= 0.3 is 0 Å². The Morgan fingerprint density at radius 1 is 1.50 bits per heavy atom. The third-order valence-electron chi connectivity index (χ3n) is 1.10. The first-order valence-electron chi connectivity index (χ1n) is 3.87. The number of amides is 1. The minimum Gasteiger partial charge on any atom is -0.273 e. The van der Waals surface area contributed by atoms with E-state index in [-0.39, 0.29) is 5.91 Å². The number of rotatable bonds is 4. The van der Waals surface area contributed by atoms with E-state index in [4.69, 9.17) is 0 Å². The first kappa shape index (κ1) is 9.47. The Balaban J connectivity index is 3.22. The van der Waals surface area contributed by atoms with Gasteiger partial charge in [0.15, 0.2) is 0 Å². The van der Waals surface area contributed by atoms with Gasteiger partial charge in [-0.25, -0.2) is 0 Å². The van der Waals surface area contributed by atoms with Crippen LogP contribution in [0.3, 0.4) is 0 Å². The summed E-state index contributed by atoms with van der Waals surface area (Å²) >= 11 is 0. The summed E-state index contributed by atoms with van der Waals surface area (Å²) in [6, 6.07) is 0. The van der Waals surface area contributed by atoms with Crippen molar-refractivity contribution in [2.75, 3.05) is 6.54 Å². The highest BCUT2D eigenvalue weighted by Gasteiger charge is 2.01. The number of nitrogens with zero attached hydrogens (tertiary/aromatic N) is 1. The summed E-state index contributed by atoms with van der Waals surface area (Å²) < 4.78 is 0. The summed E-state index contributed by atoms with van der Waals surface area (Å²) in [6.45, 7) is 6.78. The number of hydrogen-bond acceptors (Lipinski definition) is 1. The lowest BCUT2D eigenvalue weighted by atomic mass is 10.2. The van der Waals surface area contributed by atoms with Gasteiger partial charge in [-0.2, -0.15) is 0 Å². The second-order valence-corrected chi connectivity index (χ2v) is 2.88. The predicted molar refractivity (Wildman–Crippen MR) is 41.8 cm³/mol. The van der Waals surface area contributed by atoms with Crippen molar-refractivity contribution in [2.45, 2.75) is 33.6 Å². The smallest absolute Gasteiger partial charge is 0.241 e. The molecule has 0 aromatic heterocycles. The van der Waals surface area contributed by atoms with Crippen molar-refractivity contribution >= 4 is 5.91 Å². The van der Waals surface area contributed by atoms with Gasteiger partial charge in [-0.05, 0) is 12.3 Å². The van der Waals surface area contributed by atoms with E-state index < -0.39 is 0 Å². The minimum atomic E-state index is 0.0520. The number of carbonyl (C=O) groups is 1. The first-order valence-corrected chi connectivity index (χ1v) is 3.87. The van der Waals surface area contributed by atoms with E-state index >= 15 is 0 Å². The standard InChI is InChI=1S/C8H16NO/c1-4-5-8(10)9-6-7(2)3/h7H,4-6H2,1-3H3. The molecule has 0 fully saturated rings. The average Bonchev–Trinajstić information content (AvgIpc) is 1.85. The van der Waals surface area contributed by atoms with Gasteiger partial charge in [0, 0.05) is 13.0 Å². The molecule has 0 aliphatic carbocycles. The number of hydrogen-bond donors (Lipinski definition) is 0. The second-order valence-electron chi connectivity index (χ2n) is 2.88. The Hall–Kier alpha value is -0.530. The lowest BCUT2D eigenvalue weighted by Gasteiger charge is -2.02. The lowest BCUT2D eigenvalue weighted by Crippen LogP contribution is -2.19. The van der Waals surface area contributed by atoms with Gasteiger partial charge in [0.2, 0.25) is 5.91 Å². The molecule has 0 heterocycles. The zero-order valence-corrected chi connectivity index (χ0v) is 7.05. The molecule has 0 aliphatic rings. The van der Waals surface area contributed by atoms with Crippen LogP contribution in [0.1, 0.15) is 33.6 Å². The molecule has 10 heavy (non-hydrogen) atoms. The van der Waals surface area contributed by atoms with E-state index in [1.54, 1.807) is 0 Å². The Morgan fingerprint density at radius 3 is 2.50 bits per heavy atom. The van der Waals surface area contributed by atoms with Gasteiger partial charge in [0.1, 0.15) is 0 Å². The number of carbonyl (C=O) groups excluding carboxylic acids is 1. The highest BCUT2D eigenvalue weighted by molar-refractivity contribution is 5.75. The molecule has 0 N–H and O–H groups in total. The van der Waals surface area contributed by atoms with Gasteiger partial charge in [-0.15, -0.1) is 0 Å². The van der Waals surface area contributed by atoms with Crippen molar-refractivity contribution in [1.82, 2.24) is 5.32 Å². The molecule has 0 spiro atoms. The zero-order chi connectivity index (χ0) is 7.98. The Labute approximate surface area is 63.0 Å².